The molecule has 0 spiro atoms. The largest absolute Gasteiger partial charge is 0.480 e. The van der Waals surface area contributed by atoms with Crippen LogP contribution in [0.4, 0.5) is 0 Å². The summed E-state index contributed by atoms with van der Waals surface area (Å²) in [4.78, 5) is 25.6. The fourth-order valence-corrected chi connectivity index (χ4v) is 3.93. The van der Waals surface area contributed by atoms with Crippen molar-refractivity contribution in [2.75, 3.05) is 6.54 Å². The Morgan fingerprint density at radius 2 is 2.10 bits per heavy atom. The third kappa shape index (κ3) is 2.04. The second kappa shape index (κ2) is 4.58. The number of rotatable bonds is 3. The Bertz CT molecular complexity index is 592. The standard InChI is InChI=1S/C15H18N2O4/c18-14(12-6-11(16-21-12)8-4-5-8)17-7-9-2-1-3-10(9)13(17)15(19)20/h6,8-10,13H,1-5,7H2,(H,19,20). The molecule has 6 heteroatoms. The van der Waals surface area contributed by atoms with Crippen LogP contribution in [-0.2, 0) is 4.79 Å². The van der Waals surface area contributed by atoms with Gasteiger partial charge >= 0.3 is 5.97 Å². The number of hydrogen-bond acceptors (Lipinski definition) is 4. The lowest BCUT2D eigenvalue weighted by Gasteiger charge is -2.23. The molecule has 0 bridgehead atoms. The summed E-state index contributed by atoms with van der Waals surface area (Å²) in [5.74, 6) is -0.208. The van der Waals surface area contributed by atoms with Gasteiger partial charge in [-0.1, -0.05) is 11.6 Å². The van der Waals surface area contributed by atoms with Crippen molar-refractivity contribution in [3.05, 3.63) is 17.5 Å². The first-order chi connectivity index (χ1) is 10.1. The fourth-order valence-electron chi connectivity index (χ4n) is 3.93. The van der Waals surface area contributed by atoms with Crippen LogP contribution in [0.1, 0.15) is 54.3 Å². The van der Waals surface area contributed by atoms with Crippen molar-refractivity contribution in [3.8, 4) is 0 Å². The molecule has 1 aromatic rings. The van der Waals surface area contributed by atoms with E-state index < -0.39 is 12.0 Å². The lowest BCUT2D eigenvalue weighted by Crippen LogP contribution is -2.43. The van der Waals surface area contributed by atoms with Crippen molar-refractivity contribution < 1.29 is 19.2 Å². The van der Waals surface area contributed by atoms with Gasteiger partial charge in [-0.05, 0) is 37.5 Å². The molecule has 3 aliphatic rings. The van der Waals surface area contributed by atoms with Gasteiger partial charge in [0.1, 0.15) is 6.04 Å². The van der Waals surface area contributed by atoms with Crippen molar-refractivity contribution >= 4 is 11.9 Å². The summed E-state index contributed by atoms with van der Waals surface area (Å²) in [5, 5.41) is 13.4. The molecular formula is C15H18N2O4. The van der Waals surface area contributed by atoms with Crippen LogP contribution in [0.2, 0.25) is 0 Å². The van der Waals surface area contributed by atoms with Gasteiger partial charge in [0, 0.05) is 18.5 Å². The average Bonchev–Trinajstić information content (AvgIpc) is 2.90. The zero-order valence-corrected chi connectivity index (χ0v) is 11.7. The van der Waals surface area contributed by atoms with Gasteiger partial charge < -0.3 is 14.5 Å². The van der Waals surface area contributed by atoms with Crippen LogP contribution in [0.5, 0.6) is 0 Å². The number of carbonyl (C=O) groups excluding carboxylic acids is 1. The predicted octanol–water partition coefficient (Wildman–Crippen LogP) is 1.88. The molecule has 1 N–H and O–H groups in total. The maximum Gasteiger partial charge on any atom is 0.326 e. The molecule has 2 saturated carbocycles. The highest BCUT2D eigenvalue weighted by Gasteiger charge is 2.50. The van der Waals surface area contributed by atoms with Crippen molar-refractivity contribution in [1.82, 2.24) is 10.1 Å². The molecule has 2 heterocycles. The zero-order chi connectivity index (χ0) is 14.6. The summed E-state index contributed by atoms with van der Waals surface area (Å²) >= 11 is 0. The van der Waals surface area contributed by atoms with Gasteiger partial charge in [-0.3, -0.25) is 4.79 Å². The van der Waals surface area contributed by atoms with Gasteiger partial charge in [0.15, 0.2) is 0 Å². The van der Waals surface area contributed by atoms with Crippen molar-refractivity contribution in [2.45, 2.75) is 44.1 Å². The van der Waals surface area contributed by atoms with Gasteiger partial charge in [-0.25, -0.2) is 4.79 Å². The molecule has 112 valence electrons. The number of aliphatic carboxylic acids is 1. The molecule has 4 rings (SSSR count). The van der Waals surface area contributed by atoms with E-state index in [-0.39, 0.29) is 17.6 Å². The summed E-state index contributed by atoms with van der Waals surface area (Å²) in [5.41, 5.74) is 0.824. The summed E-state index contributed by atoms with van der Waals surface area (Å²) in [6, 6.07) is 0.979. The van der Waals surface area contributed by atoms with Gasteiger partial charge in [-0.15, -0.1) is 0 Å². The number of nitrogens with zero attached hydrogens (tertiary/aromatic N) is 2. The van der Waals surface area contributed by atoms with Crippen LogP contribution < -0.4 is 0 Å². The van der Waals surface area contributed by atoms with Crippen LogP contribution in [0.25, 0.3) is 0 Å². The van der Waals surface area contributed by atoms with Crippen molar-refractivity contribution in [3.63, 3.8) is 0 Å². The Morgan fingerprint density at radius 3 is 2.81 bits per heavy atom. The molecule has 6 nitrogen and oxygen atoms in total. The SMILES string of the molecule is O=C(O)C1C2CCCC2CN1C(=O)c1cc(C2CC2)no1. The third-order valence-electron chi connectivity index (χ3n) is 5.14. The average molecular weight is 290 g/mol. The molecule has 0 aromatic carbocycles. The maximum absolute atomic E-state index is 12.6. The Kier molecular flexibility index (Phi) is 2.80. The number of carbonyl (C=O) groups is 2. The first kappa shape index (κ1) is 12.9. The molecule has 3 atom stereocenters. The van der Waals surface area contributed by atoms with Crippen LogP contribution >= 0.6 is 0 Å². The Morgan fingerprint density at radius 1 is 1.29 bits per heavy atom. The van der Waals surface area contributed by atoms with Crippen molar-refractivity contribution in [1.29, 1.82) is 0 Å². The summed E-state index contributed by atoms with van der Waals surface area (Å²) in [6.45, 7) is 0.528. The molecule has 3 unspecified atom stereocenters. The topological polar surface area (TPSA) is 83.6 Å². The molecule has 1 amide bonds. The lowest BCUT2D eigenvalue weighted by molar-refractivity contribution is -0.142. The fraction of sp³-hybridized carbons (Fsp3) is 0.667. The number of carboxylic acids is 1. The molecule has 1 aliphatic heterocycles. The van der Waals surface area contributed by atoms with E-state index in [2.05, 4.69) is 5.16 Å². The Balaban J connectivity index is 1.58. The summed E-state index contributed by atoms with van der Waals surface area (Å²) < 4.78 is 5.16. The summed E-state index contributed by atoms with van der Waals surface area (Å²) in [6.07, 6.45) is 5.16. The molecular weight excluding hydrogens is 272 g/mol. The Hall–Kier alpha value is -1.85. The van der Waals surface area contributed by atoms with Gasteiger partial charge in [0.2, 0.25) is 5.76 Å². The first-order valence-electron chi connectivity index (χ1n) is 7.65. The van der Waals surface area contributed by atoms with E-state index >= 15 is 0 Å². The van der Waals surface area contributed by atoms with E-state index in [1.54, 1.807) is 6.07 Å². The highest BCUT2D eigenvalue weighted by Crippen LogP contribution is 2.43. The zero-order valence-electron chi connectivity index (χ0n) is 11.7. The minimum Gasteiger partial charge on any atom is -0.480 e. The van der Waals surface area contributed by atoms with E-state index in [9.17, 15) is 14.7 Å². The second-order valence-corrected chi connectivity index (χ2v) is 6.49. The highest BCUT2D eigenvalue weighted by atomic mass is 16.5. The number of likely N-dealkylation sites (tertiary alicyclic amines) is 1. The molecule has 1 aromatic heterocycles. The number of hydrogen-bond donors (Lipinski definition) is 1. The quantitative estimate of drug-likeness (QED) is 0.918. The maximum atomic E-state index is 12.6. The van der Waals surface area contributed by atoms with Gasteiger partial charge in [-0.2, -0.15) is 0 Å². The second-order valence-electron chi connectivity index (χ2n) is 6.49. The molecule has 1 saturated heterocycles. The number of aromatic nitrogens is 1. The van der Waals surface area contributed by atoms with Crippen LogP contribution in [0, 0.1) is 11.8 Å². The van der Waals surface area contributed by atoms with Gasteiger partial charge in [0.25, 0.3) is 5.91 Å². The lowest BCUT2D eigenvalue weighted by atomic mass is 9.94. The van der Waals surface area contributed by atoms with Crippen LogP contribution in [-0.4, -0.2) is 39.6 Å². The number of carboxylic acid groups (broad SMARTS) is 1. The summed E-state index contributed by atoms with van der Waals surface area (Å²) in [7, 11) is 0. The number of fused-ring (bicyclic) bond motifs is 1. The van der Waals surface area contributed by atoms with E-state index in [4.69, 9.17) is 4.52 Å². The van der Waals surface area contributed by atoms with E-state index in [1.165, 1.54) is 4.90 Å². The van der Waals surface area contributed by atoms with E-state index in [0.717, 1.165) is 37.8 Å². The predicted molar refractivity (Wildman–Crippen MR) is 71.8 cm³/mol. The molecule has 0 radical (unpaired) electrons. The van der Waals surface area contributed by atoms with Gasteiger partial charge in [0.05, 0.1) is 5.69 Å². The first-order valence-corrected chi connectivity index (χ1v) is 7.65. The van der Waals surface area contributed by atoms with Crippen LogP contribution in [0.15, 0.2) is 10.6 Å². The minimum atomic E-state index is -0.903. The molecule has 21 heavy (non-hydrogen) atoms. The Labute approximate surface area is 122 Å². The molecule has 2 aliphatic carbocycles. The third-order valence-corrected chi connectivity index (χ3v) is 5.14. The highest BCUT2D eigenvalue weighted by molar-refractivity contribution is 5.95. The minimum absolute atomic E-state index is 0.0947. The smallest absolute Gasteiger partial charge is 0.326 e. The van der Waals surface area contributed by atoms with E-state index in [0.29, 0.717) is 18.4 Å². The van der Waals surface area contributed by atoms with E-state index in [1.807, 2.05) is 0 Å². The van der Waals surface area contributed by atoms with Crippen molar-refractivity contribution in [2.24, 2.45) is 11.8 Å². The van der Waals surface area contributed by atoms with Crippen LogP contribution in [0.3, 0.4) is 0 Å². The monoisotopic (exact) mass is 290 g/mol. The number of amides is 1. The molecule has 3 fully saturated rings. The normalized spacial score (nSPS) is 31.4.